The Morgan fingerprint density at radius 2 is 1.84 bits per heavy atom. The zero-order valence-corrected chi connectivity index (χ0v) is 28.3. The third-order valence-electron chi connectivity index (χ3n) is 4.26. The third kappa shape index (κ3) is 20.5. The maximum Gasteiger partial charge on any atom is 0.490 e. The van der Waals surface area contributed by atoms with Crippen LogP contribution in [0.15, 0.2) is 11.8 Å². The Hall–Kier alpha value is -0.270. The van der Waals surface area contributed by atoms with Gasteiger partial charge in [0.2, 0.25) is 0 Å². The van der Waals surface area contributed by atoms with E-state index in [9.17, 15) is 33.1 Å². The minimum atomic E-state index is -5.68. The van der Waals surface area contributed by atoms with Crippen molar-refractivity contribution in [1.29, 1.82) is 0 Å². The van der Waals surface area contributed by atoms with Crippen LogP contribution in [0.4, 0.5) is 4.79 Å². The monoisotopic (exact) mass is 751 g/mol. The van der Waals surface area contributed by atoms with E-state index in [1.165, 1.54) is 38.6 Å². The van der Waals surface area contributed by atoms with Crippen molar-refractivity contribution >= 4 is 79.0 Å². The number of carbonyl (C=O) groups is 2. The molecule has 43 heavy (non-hydrogen) atoms. The lowest BCUT2D eigenvalue weighted by Gasteiger charge is -2.21. The number of allylic oxidation sites excluding steroid dienone is 1. The molecule has 5 atom stereocenters. The first kappa shape index (κ1) is 40.8. The number of amides is 1. The highest BCUT2D eigenvalue weighted by Gasteiger charge is 2.43. The van der Waals surface area contributed by atoms with E-state index < -0.39 is 54.6 Å². The van der Waals surface area contributed by atoms with Crippen molar-refractivity contribution < 1.29 is 70.2 Å². The molecule has 0 aromatic heterocycles. The van der Waals surface area contributed by atoms with Crippen LogP contribution in [0.1, 0.15) is 6.42 Å². The number of ether oxygens (including phenoxy) is 3. The van der Waals surface area contributed by atoms with Crippen molar-refractivity contribution in [2.45, 2.75) is 24.9 Å². The molecule has 0 saturated carbocycles. The number of nitrogens with one attached hydrogen (secondary N) is 2. The van der Waals surface area contributed by atoms with Crippen LogP contribution in [0, 0.1) is 11.8 Å². The van der Waals surface area contributed by atoms with Crippen molar-refractivity contribution in [3.63, 3.8) is 0 Å². The third-order valence-corrected chi connectivity index (χ3v) is 11.9. The van der Waals surface area contributed by atoms with E-state index in [4.69, 9.17) is 29.7 Å². The molecule has 1 fully saturated rings. The average Bonchev–Trinajstić information content (AvgIpc) is 3.29. The van der Waals surface area contributed by atoms with E-state index in [2.05, 4.69) is 35.6 Å². The summed E-state index contributed by atoms with van der Waals surface area (Å²) in [5.41, 5.74) is 5.38. The lowest BCUT2D eigenvalue weighted by atomic mass is 10.2. The van der Waals surface area contributed by atoms with Crippen LogP contribution in [0.25, 0.3) is 0 Å². The second-order valence-corrected chi connectivity index (χ2v) is 17.1. The van der Waals surface area contributed by atoms with Gasteiger partial charge in [0, 0.05) is 30.7 Å². The first-order valence-corrected chi connectivity index (χ1v) is 21.4. The van der Waals surface area contributed by atoms with Gasteiger partial charge in [-0.25, -0.2) is 18.5 Å². The second-order valence-electron chi connectivity index (χ2n) is 7.50. The van der Waals surface area contributed by atoms with Crippen LogP contribution >= 0.6 is 66.6 Å². The zero-order chi connectivity index (χ0) is 32.4. The van der Waals surface area contributed by atoms with Crippen LogP contribution < -0.4 is 16.4 Å². The van der Waals surface area contributed by atoms with Crippen molar-refractivity contribution in [3.05, 3.63) is 11.8 Å². The highest BCUT2D eigenvalue weighted by Crippen LogP contribution is 2.66. The van der Waals surface area contributed by atoms with Gasteiger partial charge < -0.3 is 50.2 Å². The molecule has 8 N–H and O–H groups in total. The van der Waals surface area contributed by atoms with Gasteiger partial charge in [-0.1, -0.05) is 55.0 Å². The quantitative estimate of drug-likeness (QED) is 0.0167. The maximum absolute atomic E-state index is 12.1. The maximum atomic E-state index is 12.1. The molecular weight excluding hydrogens is 719 g/mol. The molecule has 0 spiro atoms. The van der Waals surface area contributed by atoms with Gasteiger partial charge in [0.1, 0.15) is 24.9 Å². The summed E-state index contributed by atoms with van der Waals surface area (Å²) in [6.45, 7) is -0.0418. The molecule has 0 radical (unpaired) electrons. The molecule has 1 saturated heterocycles. The SMILES string of the molecule is CSSCOC1C[C@H](N/C=C(/C#CCNC(=O)OCCSSCCN)C=O)O[C@@H]1COP(=O)(O)OP(=O)(O)OP(=O)(O)O. The summed E-state index contributed by atoms with van der Waals surface area (Å²) in [5, 5.41) is 5.22. The summed E-state index contributed by atoms with van der Waals surface area (Å²) in [6.07, 6.45) is 0.452. The molecule has 0 aromatic rings. The normalized spacial score (nSPS) is 21.6. The molecule has 25 heteroatoms. The fourth-order valence-electron chi connectivity index (χ4n) is 2.71. The number of aldehydes is 1. The second kappa shape index (κ2) is 21.5. The molecule has 1 aliphatic rings. The topological polar surface area (TPSA) is 272 Å². The highest BCUT2D eigenvalue weighted by molar-refractivity contribution is 8.76. The van der Waals surface area contributed by atoms with Gasteiger partial charge in [0.25, 0.3) is 0 Å². The Morgan fingerprint density at radius 1 is 1.12 bits per heavy atom. The van der Waals surface area contributed by atoms with E-state index in [0.717, 1.165) is 5.75 Å². The summed E-state index contributed by atoms with van der Waals surface area (Å²) in [4.78, 5) is 59.3. The first-order chi connectivity index (χ1) is 20.2. The summed E-state index contributed by atoms with van der Waals surface area (Å²) < 4.78 is 62.7. The fourth-order valence-corrected chi connectivity index (χ4v) is 8.21. The lowest BCUT2D eigenvalue weighted by Crippen LogP contribution is -2.29. The molecule has 1 aliphatic heterocycles. The van der Waals surface area contributed by atoms with E-state index >= 15 is 0 Å². The number of nitrogens with two attached hydrogens (primary N) is 1. The molecular formula is C18H32N3O15P3S4. The molecule has 18 nitrogen and oxygen atoms in total. The zero-order valence-electron chi connectivity index (χ0n) is 22.4. The molecule has 1 rings (SSSR count). The van der Waals surface area contributed by atoms with Gasteiger partial charge in [0.15, 0.2) is 6.29 Å². The minimum Gasteiger partial charge on any atom is -0.449 e. The standard InChI is InChI=1S/C18H32N3O15P3S4/c1-40-43-13-32-15-9-17(34-16(15)12-33-38(27,28)36-39(29,30)35-37(24,25)26)21-10-14(11-22)3-2-5-20-18(23)31-6-8-42-41-7-4-19/h10-11,15-17,21H,4-9,12-13,19H2,1H3,(H,20,23)(H,27,28)(H,29,30)(H2,24,25,26)/b14-10-/t15?,16-,17-/m1/s1. The Balaban J connectivity index is 2.65. The van der Waals surface area contributed by atoms with Crippen LogP contribution in [-0.2, 0) is 45.8 Å². The van der Waals surface area contributed by atoms with Gasteiger partial charge in [-0.15, -0.1) is 0 Å². The van der Waals surface area contributed by atoms with E-state index in [-0.39, 0.29) is 31.1 Å². The van der Waals surface area contributed by atoms with Gasteiger partial charge in [-0.05, 0) is 6.26 Å². The smallest absolute Gasteiger partial charge is 0.449 e. The predicted molar refractivity (Wildman–Crippen MR) is 162 cm³/mol. The average molecular weight is 752 g/mol. The van der Waals surface area contributed by atoms with Crippen LogP contribution in [0.5, 0.6) is 0 Å². The van der Waals surface area contributed by atoms with Gasteiger partial charge in [-0.2, -0.15) is 8.62 Å². The largest absolute Gasteiger partial charge is 0.490 e. The fraction of sp³-hybridized carbons (Fsp3) is 0.667. The molecule has 0 aliphatic carbocycles. The number of rotatable bonds is 21. The molecule has 1 heterocycles. The van der Waals surface area contributed by atoms with Gasteiger partial charge in [-0.3, -0.25) is 9.32 Å². The number of hydrogen-bond donors (Lipinski definition) is 7. The first-order valence-electron chi connectivity index (χ1n) is 11.7. The van der Waals surface area contributed by atoms with Gasteiger partial charge >= 0.3 is 29.6 Å². The van der Waals surface area contributed by atoms with E-state index in [1.807, 2.05) is 6.26 Å². The molecule has 3 unspecified atom stereocenters. The highest BCUT2D eigenvalue weighted by atomic mass is 33.1. The lowest BCUT2D eigenvalue weighted by molar-refractivity contribution is -0.104. The predicted octanol–water partition coefficient (Wildman–Crippen LogP) is 1.54. The van der Waals surface area contributed by atoms with Crippen molar-refractivity contribution in [1.82, 2.24) is 10.6 Å². The Bertz CT molecular complexity index is 1120. The summed E-state index contributed by atoms with van der Waals surface area (Å²) in [7, 11) is -10.7. The summed E-state index contributed by atoms with van der Waals surface area (Å²) >= 11 is 0. The molecule has 1 amide bonds. The Morgan fingerprint density at radius 3 is 2.49 bits per heavy atom. The van der Waals surface area contributed by atoms with Crippen LogP contribution in [0.3, 0.4) is 0 Å². The van der Waals surface area contributed by atoms with E-state index in [0.29, 0.717) is 18.6 Å². The minimum absolute atomic E-state index is 0.000726. The van der Waals surface area contributed by atoms with E-state index in [1.54, 1.807) is 10.8 Å². The number of hydrogen-bond acceptors (Lipinski definition) is 17. The summed E-state index contributed by atoms with van der Waals surface area (Å²) in [5.74, 6) is 6.73. The number of carbonyl (C=O) groups excluding carboxylic acids is 2. The number of phosphoric ester groups is 1. The number of alkyl carbamates (subject to hydrolysis) is 1. The van der Waals surface area contributed by atoms with Crippen molar-refractivity contribution in [2.75, 3.05) is 50.0 Å². The van der Waals surface area contributed by atoms with Crippen LogP contribution in [0.2, 0.25) is 0 Å². The Kier molecular flexibility index (Phi) is 20.4. The molecule has 0 bridgehead atoms. The molecule has 248 valence electrons. The molecule has 0 aromatic carbocycles. The van der Waals surface area contributed by atoms with Gasteiger partial charge in [0.05, 0.1) is 24.8 Å². The van der Waals surface area contributed by atoms with Crippen molar-refractivity contribution in [2.24, 2.45) is 5.73 Å². The Labute approximate surface area is 263 Å². The number of phosphoric acid groups is 3. The summed E-state index contributed by atoms with van der Waals surface area (Å²) in [6, 6.07) is 0. The van der Waals surface area contributed by atoms with Crippen LogP contribution in [-0.4, -0.2) is 100 Å². The van der Waals surface area contributed by atoms with Crippen molar-refractivity contribution in [3.8, 4) is 11.8 Å².